The maximum absolute atomic E-state index is 6.51. The number of hydrogen-bond donors (Lipinski definition) is 1. The minimum Gasteiger partial charge on any atom is -0.464 e. The van der Waals surface area contributed by atoms with Gasteiger partial charge in [-0.15, -0.1) is 0 Å². The van der Waals surface area contributed by atoms with Crippen molar-refractivity contribution in [2.75, 3.05) is 0 Å². The zero-order chi connectivity index (χ0) is 11.0. The standard InChI is InChI=1S/C14H17NO/c15-14(7-2-1-3-8-14)12-4-5-13-11(10-12)6-9-16-13/h4-6,9-10H,1-3,7-8,15H2. The van der Waals surface area contributed by atoms with Crippen LogP contribution in [-0.2, 0) is 5.54 Å². The Labute approximate surface area is 95.4 Å². The Morgan fingerprint density at radius 1 is 1.06 bits per heavy atom. The summed E-state index contributed by atoms with van der Waals surface area (Å²) in [7, 11) is 0. The summed E-state index contributed by atoms with van der Waals surface area (Å²) in [5.41, 5.74) is 8.61. The first-order valence-electron chi connectivity index (χ1n) is 6.05. The summed E-state index contributed by atoms with van der Waals surface area (Å²) in [5, 5.41) is 1.16. The molecule has 1 aliphatic carbocycles. The molecule has 0 atom stereocenters. The molecule has 1 heterocycles. The third kappa shape index (κ3) is 1.54. The van der Waals surface area contributed by atoms with Crippen molar-refractivity contribution in [3.8, 4) is 0 Å². The van der Waals surface area contributed by atoms with Crippen molar-refractivity contribution in [1.82, 2.24) is 0 Å². The second-order valence-electron chi connectivity index (χ2n) is 4.89. The van der Waals surface area contributed by atoms with Crippen LogP contribution in [0.25, 0.3) is 11.0 Å². The van der Waals surface area contributed by atoms with Crippen molar-refractivity contribution in [3.05, 3.63) is 36.1 Å². The van der Waals surface area contributed by atoms with Crippen LogP contribution in [0.2, 0.25) is 0 Å². The molecule has 2 nitrogen and oxygen atoms in total. The van der Waals surface area contributed by atoms with Crippen LogP contribution in [0.1, 0.15) is 37.7 Å². The van der Waals surface area contributed by atoms with Crippen molar-refractivity contribution in [2.24, 2.45) is 5.73 Å². The van der Waals surface area contributed by atoms with Gasteiger partial charge < -0.3 is 10.2 Å². The first-order valence-corrected chi connectivity index (χ1v) is 6.05. The fourth-order valence-electron chi connectivity index (χ4n) is 2.75. The summed E-state index contributed by atoms with van der Waals surface area (Å²) >= 11 is 0. The molecule has 2 aromatic rings. The third-order valence-corrected chi connectivity index (χ3v) is 3.77. The maximum Gasteiger partial charge on any atom is 0.133 e. The van der Waals surface area contributed by atoms with Crippen LogP contribution < -0.4 is 5.73 Å². The average molecular weight is 215 g/mol. The number of benzene rings is 1. The molecule has 0 radical (unpaired) electrons. The van der Waals surface area contributed by atoms with Gasteiger partial charge in [-0.1, -0.05) is 25.3 Å². The van der Waals surface area contributed by atoms with Crippen molar-refractivity contribution >= 4 is 11.0 Å². The van der Waals surface area contributed by atoms with E-state index < -0.39 is 0 Å². The molecular formula is C14H17NO. The Kier molecular flexibility index (Phi) is 2.25. The van der Waals surface area contributed by atoms with E-state index in [0.29, 0.717) is 0 Å². The number of fused-ring (bicyclic) bond motifs is 1. The van der Waals surface area contributed by atoms with Crippen molar-refractivity contribution in [1.29, 1.82) is 0 Å². The zero-order valence-electron chi connectivity index (χ0n) is 9.41. The molecule has 1 aromatic heterocycles. The molecule has 0 unspecified atom stereocenters. The Hall–Kier alpha value is -1.28. The van der Waals surface area contributed by atoms with E-state index in [0.717, 1.165) is 23.8 Å². The van der Waals surface area contributed by atoms with Crippen LogP contribution in [0.3, 0.4) is 0 Å². The van der Waals surface area contributed by atoms with Gasteiger partial charge in [0.2, 0.25) is 0 Å². The van der Waals surface area contributed by atoms with E-state index in [1.165, 1.54) is 24.8 Å². The van der Waals surface area contributed by atoms with Crippen LogP contribution in [-0.4, -0.2) is 0 Å². The van der Waals surface area contributed by atoms with Gasteiger partial charge in [-0.2, -0.15) is 0 Å². The minimum atomic E-state index is -0.107. The van der Waals surface area contributed by atoms with Crippen LogP contribution >= 0.6 is 0 Å². The van der Waals surface area contributed by atoms with Gasteiger partial charge in [0.25, 0.3) is 0 Å². The van der Waals surface area contributed by atoms with Gasteiger partial charge in [0.1, 0.15) is 5.58 Å². The van der Waals surface area contributed by atoms with Gasteiger partial charge >= 0.3 is 0 Å². The smallest absolute Gasteiger partial charge is 0.133 e. The second-order valence-corrected chi connectivity index (χ2v) is 4.89. The van der Waals surface area contributed by atoms with Crippen LogP contribution in [0, 0.1) is 0 Å². The molecule has 0 aliphatic heterocycles. The average Bonchev–Trinajstić information content (AvgIpc) is 2.77. The van der Waals surface area contributed by atoms with Gasteiger partial charge in [0.15, 0.2) is 0 Å². The lowest BCUT2D eigenvalue weighted by atomic mass is 9.77. The van der Waals surface area contributed by atoms with E-state index in [1.54, 1.807) is 6.26 Å². The van der Waals surface area contributed by atoms with Gasteiger partial charge in [0, 0.05) is 10.9 Å². The minimum absolute atomic E-state index is 0.107. The Bertz CT molecular complexity index is 494. The monoisotopic (exact) mass is 215 g/mol. The largest absolute Gasteiger partial charge is 0.464 e. The lowest BCUT2D eigenvalue weighted by Gasteiger charge is -2.34. The van der Waals surface area contributed by atoms with Gasteiger partial charge in [-0.05, 0) is 36.6 Å². The lowest BCUT2D eigenvalue weighted by molar-refractivity contribution is 0.302. The summed E-state index contributed by atoms with van der Waals surface area (Å²) < 4.78 is 5.35. The van der Waals surface area contributed by atoms with Crippen LogP contribution in [0.5, 0.6) is 0 Å². The molecule has 3 rings (SSSR count). The highest BCUT2D eigenvalue weighted by molar-refractivity contribution is 5.78. The van der Waals surface area contributed by atoms with Crippen molar-refractivity contribution < 1.29 is 4.42 Å². The zero-order valence-corrected chi connectivity index (χ0v) is 9.41. The van der Waals surface area contributed by atoms with Crippen LogP contribution in [0.4, 0.5) is 0 Å². The first-order chi connectivity index (χ1) is 7.78. The molecule has 1 saturated carbocycles. The highest BCUT2D eigenvalue weighted by Crippen LogP contribution is 2.35. The molecule has 16 heavy (non-hydrogen) atoms. The van der Waals surface area contributed by atoms with E-state index in [1.807, 2.05) is 12.1 Å². The topological polar surface area (TPSA) is 39.2 Å². The molecule has 0 bridgehead atoms. The van der Waals surface area contributed by atoms with Crippen molar-refractivity contribution in [2.45, 2.75) is 37.6 Å². The van der Waals surface area contributed by atoms with Gasteiger partial charge in [-0.3, -0.25) is 0 Å². The molecular weight excluding hydrogens is 198 g/mol. The van der Waals surface area contributed by atoms with Gasteiger partial charge in [-0.25, -0.2) is 0 Å². The summed E-state index contributed by atoms with van der Waals surface area (Å²) in [5.74, 6) is 0. The normalized spacial score (nSPS) is 20.1. The maximum atomic E-state index is 6.51. The SMILES string of the molecule is NC1(c2ccc3occc3c2)CCCCC1. The Balaban J connectivity index is 2.03. The summed E-state index contributed by atoms with van der Waals surface area (Å²) in [6, 6.07) is 8.35. The Morgan fingerprint density at radius 3 is 2.69 bits per heavy atom. The molecule has 2 N–H and O–H groups in total. The molecule has 0 saturated heterocycles. The molecule has 84 valence electrons. The molecule has 0 amide bonds. The lowest BCUT2D eigenvalue weighted by Crippen LogP contribution is -2.38. The van der Waals surface area contributed by atoms with E-state index in [-0.39, 0.29) is 5.54 Å². The molecule has 1 fully saturated rings. The number of nitrogens with two attached hydrogens (primary N) is 1. The van der Waals surface area contributed by atoms with E-state index in [4.69, 9.17) is 10.2 Å². The van der Waals surface area contributed by atoms with Crippen LogP contribution in [0.15, 0.2) is 34.9 Å². The third-order valence-electron chi connectivity index (χ3n) is 3.77. The predicted octanol–water partition coefficient (Wildman–Crippen LogP) is 3.55. The number of furan rings is 1. The fourth-order valence-corrected chi connectivity index (χ4v) is 2.75. The number of rotatable bonds is 1. The van der Waals surface area contributed by atoms with E-state index >= 15 is 0 Å². The predicted molar refractivity (Wildman–Crippen MR) is 65.2 cm³/mol. The Morgan fingerprint density at radius 2 is 1.88 bits per heavy atom. The summed E-state index contributed by atoms with van der Waals surface area (Å²) in [6.45, 7) is 0. The molecule has 2 heteroatoms. The summed E-state index contributed by atoms with van der Waals surface area (Å²) in [6.07, 6.45) is 7.78. The quantitative estimate of drug-likeness (QED) is 0.790. The summed E-state index contributed by atoms with van der Waals surface area (Å²) in [4.78, 5) is 0. The van der Waals surface area contributed by atoms with E-state index in [2.05, 4.69) is 12.1 Å². The fraction of sp³-hybridized carbons (Fsp3) is 0.429. The molecule has 1 aliphatic rings. The number of hydrogen-bond acceptors (Lipinski definition) is 2. The van der Waals surface area contributed by atoms with Crippen molar-refractivity contribution in [3.63, 3.8) is 0 Å². The molecule has 0 spiro atoms. The van der Waals surface area contributed by atoms with Gasteiger partial charge in [0.05, 0.1) is 6.26 Å². The highest BCUT2D eigenvalue weighted by Gasteiger charge is 2.29. The molecule has 1 aromatic carbocycles. The highest BCUT2D eigenvalue weighted by atomic mass is 16.3. The second kappa shape index (κ2) is 3.63. The first kappa shape index (κ1) is 9.91. The van der Waals surface area contributed by atoms with E-state index in [9.17, 15) is 0 Å².